The van der Waals surface area contributed by atoms with Crippen LogP contribution in [0.15, 0.2) is 0 Å². The molecule has 1 atom stereocenters. The number of hydrogen-bond donors (Lipinski definition) is 2. The van der Waals surface area contributed by atoms with Gasteiger partial charge in [0, 0.05) is 6.42 Å². The number of hydrogen-bond acceptors (Lipinski definition) is 2. The first-order valence-corrected chi connectivity index (χ1v) is 6.89. The molecule has 0 bridgehead atoms. The Bertz CT molecular complexity index is 317. The van der Waals surface area contributed by atoms with Crippen LogP contribution in [-0.2, 0) is 9.59 Å². The van der Waals surface area contributed by atoms with Crippen LogP contribution in [0.1, 0.15) is 20.3 Å². The molecule has 5 nitrogen and oxygen atoms in total. The zero-order chi connectivity index (χ0) is 13.3. The normalized spacial score (nSPS) is 24.3. The minimum Gasteiger partial charge on any atom is -1.00 e. The number of quaternary nitrogens is 1. The Balaban J connectivity index is 0.00000289. The van der Waals surface area contributed by atoms with Gasteiger partial charge >= 0.3 is 11.9 Å². The van der Waals surface area contributed by atoms with Crippen LogP contribution in [-0.4, -0.2) is 57.6 Å². The summed E-state index contributed by atoms with van der Waals surface area (Å²) in [6.07, 6.45) is 0.199. The molecule has 18 heavy (non-hydrogen) atoms. The number of halogens is 2. The van der Waals surface area contributed by atoms with Crippen LogP contribution in [0.5, 0.6) is 0 Å². The third-order valence-electron chi connectivity index (χ3n) is 4.20. The Kier molecular flexibility index (Phi) is 6.29. The van der Waals surface area contributed by atoms with Gasteiger partial charge in [-0.3, -0.25) is 9.59 Å². The smallest absolute Gasteiger partial charge is 0.327 e. The minimum absolute atomic E-state index is 0. The number of aliphatic carboxylic acids is 2. The van der Waals surface area contributed by atoms with E-state index in [1.165, 1.54) is 0 Å². The fourth-order valence-corrected chi connectivity index (χ4v) is 3.74. The second kappa shape index (κ2) is 6.34. The second-order valence-electron chi connectivity index (χ2n) is 4.71. The molecule has 1 aliphatic heterocycles. The molecule has 0 aromatic carbocycles. The summed E-state index contributed by atoms with van der Waals surface area (Å²) in [5.41, 5.74) is -1.62. The summed E-state index contributed by atoms with van der Waals surface area (Å²) in [5.74, 6) is -2.42. The first-order chi connectivity index (χ1) is 7.88. The van der Waals surface area contributed by atoms with Crippen LogP contribution in [0.4, 0.5) is 0 Å². The van der Waals surface area contributed by atoms with Gasteiger partial charge in [0.15, 0.2) is 0 Å². The van der Waals surface area contributed by atoms with Crippen molar-refractivity contribution in [1.82, 2.24) is 0 Å². The summed E-state index contributed by atoms with van der Waals surface area (Å²) in [5, 5.41) is 19.2. The average Bonchev–Trinajstić information content (AvgIpc) is 2.65. The largest absolute Gasteiger partial charge is 1.00 e. The van der Waals surface area contributed by atoms with Crippen molar-refractivity contribution in [3.8, 4) is 0 Å². The number of nitrogens with zero attached hydrogens (tertiary/aromatic N) is 1. The third-order valence-corrected chi connectivity index (χ3v) is 4.95. The van der Waals surface area contributed by atoms with Crippen LogP contribution in [0.3, 0.4) is 0 Å². The van der Waals surface area contributed by atoms with E-state index < -0.39 is 17.4 Å². The molecule has 106 valence electrons. The van der Waals surface area contributed by atoms with Gasteiger partial charge in [-0.25, -0.2) is 0 Å². The first-order valence-electron chi connectivity index (χ1n) is 5.77. The maximum atomic E-state index is 11.3. The number of likely N-dealkylation sites (tertiary alicyclic amines) is 1. The lowest BCUT2D eigenvalue weighted by Gasteiger charge is -2.38. The van der Waals surface area contributed by atoms with E-state index in [4.69, 9.17) is 0 Å². The van der Waals surface area contributed by atoms with Crippen LogP contribution in [0, 0.1) is 5.41 Å². The molecular weight excluding hydrogens is 370 g/mol. The van der Waals surface area contributed by atoms with E-state index in [2.05, 4.69) is 15.9 Å². The predicted octanol–water partition coefficient (Wildman–Crippen LogP) is -1.83. The lowest BCUT2D eigenvalue weighted by Crippen LogP contribution is -3.00. The van der Waals surface area contributed by atoms with Crippen molar-refractivity contribution in [2.24, 2.45) is 5.41 Å². The van der Waals surface area contributed by atoms with Gasteiger partial charge in [-0.15, -0.1) is 0 Å². The Hall–Kier alpha value is -0.140. The molecule has 1 unspecified atom stereocenters. The summed E-state index contributed by atoms with van der Waals surface area (Å²) in [6, 6.07) is 0.0530. The number of carbonyl (C=O) groups is 2. The summed E-state index contributed by atoms with van der Waals surface area (Å²) < 4.78 is 0.559. The minimum atomic E-state index is -1.62. The molecule has 1 rings (SSSR count). The molecule has 1 saturated heterocycles. The van der Waals surface area contributed by atoms with Crippen molar-refractivity contribution < 1.29 is 41.3 Å². The molecule has 0 saturated carbocycles. The molecule has 0 spiro atoms. The predicted molar refractivity (Wildman–Crippen MR) is 66.1 cm³/mol. The summed E-state index contributed by atoms with van der Waals surface area (Å²) in [7, 11) is 0. The first kappa shape index (κ1) is 17.9. The summed E-state index contributed by atoms with van der Waals surface area (Å²) in [6.45, 7) is 5.67. The maximum absolute atomic E-state index is 11.3. The van der Waals surface area contributed by atoms with E-state index in [0.29, 0.717) is 9.81 Å². The summed E-state index contributed by atoms with van der Waals surface area (Å²) >= 11 is 3.38. The van der Waals surface area contributed by atoms with Gasteiger partial charge in [-0.2, -0.15) is 0 Å². The van der Waals surface area contributed by atoms with Crippen LogP contribution in [0.2, 0.25) is 0 Å². The average molecular weight is 389 g/mol. The molecule has 0 radical (unpaired) electrons. The Morgan fingerprint density at radius 3 is 1.94 bits per heavy atom. The number of carboxylic acid groups (broad SMARTS) is 2. The van der Waals surface area contributed by atoms with Crippen molar-refractivity contribution in [3.05, 3.63) is 0 Å². The van der Waals surface area contributed by atoms with Crippen LogP contribution >= 0.6 is 15.9 Å². The van der Waals surface area contributed by atoms with E-state index in [1.807, 2.05) is 13.8 Å². The molecule has 1 heterocycles. The molecule has 7 heteroatoms. The highest BCUT2D eigenvalue weighted by molar-refractivity contribution is 9.09. The highest BCUT2D eigenvalue weighted by atomic mass is 79.9. The van der Waals surface area contributed by atoms with E-state index in [1.54, 1.807) is 0 Å². The highest BCUT2D eigenvalue weighted by Gasteiger charge is 2.62. The highest BCUT2D eigenvalue weighted by Crippen LogP contribution is 2.41. The van der Waals surface area contributed by atoms with Crippen LogP contribution in [0.25, 0.3) is 0 Å². The Morgan fingerprint density at radius 2 is 1.72 bits per heavy atom. The fraction of sp³-hybridized carbons (Fsp3) is 0.818. The lowest BCUT2D eigenvalue weighted by molar-refractivity contribution is -0.935. The quantitative estimate of drug-likeness (QED) is 0.330. The summed E-state index contributed by atoms with van der Waals surface area (Å²) in [4.78, 5) is 22.7. The van der Waals surface area contributed by atoms with E-state index in [0.717, 1.165) is 13.1 Å². The van der Waals surface area contributed by atoms with E-state index in [9.17, 15) is 19.8 Å². The van der Waals surface area contributed by atoms with Crippen molar-refractivity contribution in [3.63, 3.8) is 0 Å². The molecule has 1 aliphatic rings. The van der Waals surface area contributed by atoms with Gasteiger partial charge < -0.3 is 31.7 Å². The van der Waals surface area contributed by atoms with Gasteiger partial charge in [-0.05, 0) is 13.8 Å². The van der Waals surface area contributed by atoms with Crippen molar-refractivity contribution in [1.29, 1.82) is 0 Å². The standard InChI is InChI=1S/C11H18BrNO4.BrH/c1-3-13(4-2)7-11(9(14)15,10(16)17)5-8(13)6-12;/h8H,3-7H2,1-2H3,(H-,14,15,16,17);1H. The Labute approximate surface area is 126 Å². The zero-order valence-electron chi connectivity index (χ0n) is 10.5. The molecule has 1 fully saturated rings. The van der Waals surface area contributed by atoms with Gasteiger partial charge in [0.25, 0.3) is 0 Å². The monoisotopic (exact) mass is 387 g/mol. The molecule has 0 amide bonds. The van der Waals surface area contributed by atoms with Crippen LogP contribution < -0.4 is 17.0 Å². The molecular formula is C11H19Br2NO4. The SMILES string of the molecule is CC[N+]1(CC)CC(C(=O)O)(C(=O)O)CC1CBr.[Br-]. The van der Waals surface area contributed by atoms with E-state index in [-0.39, 0.29) is 36.0 Å². The van der Waals surface area contributed by atoms with Crippen molar-refractivity contribution in [2.45, 2.75) is 26.3 Å². The number of carboxylic acids is 2. The van der Waals surface area contributed by atoms with Crippen molar-refractivity contribution >= 4 is 27.9 Å². The fourth-order valence-electron chi connectivity index (χ4n) is 2.89. The molecule has 0 aromatic rings. The van der Waals surface area contributed by atoms with Gasteiger partial charge in [0.05, 0.1) is 18.4 Å². The van der Waals surface area contributed by atoms with Gasteiger partial charge in [-0.1, -0.05) is 15.9 Å². The second-order valence-corrected chi connectivity index (χ2v) is 5.36. The topological polar surface area (TPSA) is 74.6 Å². The molecule has 2 N–H and O–H groups in total. The zero-order valence-corrected chi connectivity index (χ0v) is 13.7. The third kappa shape index (κ3) is 2.58. The maximum Gasteiger partial charge on any atom is 0.327 e. The number of rotatable bonds is 5. The van der Waals surface area contributed by atoms with Gasteiger partial charge in [0.1, 0.15) is 12.6 Å². The van der Waals surface area contributed by atoms with Crippen molar-refractivity contribution in [2.75, 3.05) is 25.0 Å². The van der Waals surface area contributed by atoms with E-state index >= 15 is 0 Å². The molecule has 0 aliphatic carbocycles. The van der Waals surface area contributed by atoms with Gasteiger partial charge in [0.2, 0.25) is 5.41 Å². The lowest BCUT2D eigenvalue weighted by atomic mass is 9.86. The number of alkyl halides is 1. The Morgan fingerprint density at radius 1 is 1.28 bits per heavy atom. The molecule has 0 aromatic heterocycles.